The highest BCUT2D eigenvalue weighted by Gasteiger charge is 2.63. The highest BCUT2D eigenvalue weighted by Crippen LogP contribution is 2.70. The van der Waals surface area contributed by atoms with Crippen molar-refractivity contribution < 1.29 is 9.53 Å². The van der Waals surface area contributed by atoms with Gasteiger partial charge < -0.3 is 4.74 Å². The molecule has 2 nitrogen and oxygen atoms in total. The first-order valence-electron chi connectivity index (χ1n) is 7.95. The molecule has 0 saturated heterocycles. The third-order valence-electron chi connectivity index (χ3n) is 7.32. The van der Waals surface area contributed by atoms with Gasteiger partial charge in [0.05, 0.1) is 6.10 Å². The molecule has 0 heterocycles. The Hall–Kier alpha value is -0.370. The van der Waals surface area contributed by atoms with Crippen LogP contribution in [0.4, 0.5) is 0 Å². The van der Waals surface area contributed by atoms with Crippen LogP contribution in [0.3, 0.4) is 0 Å². The van der Waals surface area contributed by atoms with Gasteiger partial charge >= 0.3 is 0 Å². The van der Waals surface area contributed by atoms with E-state index in [-0.39, 0.29) is 6.10 Å². The number of methoxy groups -OCH3 is 1. The molecule has 3 saturated carbocycles. The van der Waals surface area contributed by atoms with Crippen LogP contribution in [0.5, 0.6) is 0 Å². The van der Waals surface area contributed by atoms with Crippen molar-refractivity contribution in [3.05, 3.63) is 0 Å². The molecule has 0 aromatic carbocycles. The molecule has 5 atom stereocenters. The monoisotopic (exact) mass is 264 g/mol. The molecule has 2 unspecified atom stereocenters. The van der Waals surface area contributed by atoms with Crippen molar-refractivity contribution in [1.29, 1.82) is 0 Å². The van der Waals surface area contributed by atoms with Crippen molar-refractivity contribution in [3.63, 3.8) is 0 Å². The fraction of sp³-hybridized carbons (Fsp3) is 0.941. The van der Waals surface area contributed by atoms with Crippen LogP contribution >= 0.6 is 0 Å². The molecule has 0 aromatic rings. The van der Waals surface area contributed by atoms with E-state index < -0.39 is 0 Å². The van der Waals surface area contributed by atoms with E-state index in [1.54, 1.807) is 7.11 Å². The minimum Gasteiger partial charge on any atom is -0.381 e. The van der Waals surface area contributed by atoms with E-state index >= 15 is 0 Å². The second-order valence-electron chi connectivity index (χ2n) is 7.93. The standard InChI is InChI=1S/C17H28O2/c1-16(2)11-7-8-17(16,3)14(9-11)13-6-5-12(19-4)10-15(13)18/h11-14H,5-10H2,1-4H3/t11-,12?,13?,14+,17+/m0/s1. The number of hydrogen-bond acceptors (Lipinski definition) is 2. The third-order valence-corrected chi connectivity index (χ3v) is 7.32. The van der Waals surface area contributed by atoms with Gasteiger partial charge in [0.25, 0.3) is 0 Å². The van der Waals surface area contributed by atoms with Crippen LogP contribution in [-0.4, -0.2) is 19.0 Å². The molecule has 3 fully saturated rings. The van der Waals surface area contributed by atoms with Crippen LogP contribution in [0.2, 0.25) is 0 Å². The average Bonchev–Trinajstić information content (AvgIpc) is 2.71. The lowest BCUT2D eigenvalue weighted by molar-refractivity contribution is -0.133. The first-order valence-corrected chi connectivity index (χ1v) is 7.95. The van der Waals surface area contributed by atoms with E-state index in [2.05, 4.69) is 20.8 Å². The SMILES string of the molecule is COC1CCC([C@H]2C[C@@H]3CC[C@@]2(C)C3(C)C)C(=O)C1. The summed E-state index contributed by atoms with van der Waals surface area (Å²) >= 11 is 0. The first-order chi connectivity index (χ1) is 8.90. The Balaban J connectivity index is 1.80. The normalized spacial score (nSPS) is 48.7. The maximum Gasteiger partial charge on any atom is 0.138 e. The van der Waals surface area contributed by atoms with Gasteiger partial charge in [-0.1, -0.05) is 20.8 Å². The number of carbonyl (C=O) groups excluding carboxylic acids is 1. The van der Waals surface area contributed by atoms with E-state index in [0.29, 0.717) is 34.9 Å². The topological polar surface area (TPSA) is 26.3 Å². The predicted molar refractivity (Wildman–Crippen MR) is 75.9 cm³/mol. The van der Waals surface area contributed by atoms with Gasteiger partial charge in [-0.2, -0.15) is 0 Å². The molecule has 3 aliphatic carbocycles. The van der Waals surface area contributed by atoms with Gasteiger partial charge in [-0.3, -0.25) is 4.79 Å². The van der Waals surface area contributed by atoms with Crippen molar-refractivity contribution in [3.8, 4) is 0 Å². The quantitative estimate of drug-likeness (QED) is 0.757. The number of ketones is 1. The van der Waals surface area contributed by atoms with Crippen molar-refractivity contribution in [2.45, 2.75) is 65.4 Å². The Bertz CT molecular complexity index is 387. The summed E-state index contributed by atoms with van der Waals surface area (Å²) in [5, 5.41) is 0. The number of fused-ring (bicyclic) bond motifs is 2. The third kappa shape index (κ3) is 1.75. The van der Waals surface area contributed by atoms with Crippen LogP contribution in [0, 0.1) is 28.6 Å². The molecule has 2 heteroatoms. The fourth-order valence-electron chi connectivity index (χ4n) is 5.51. The second kappa shape index (κ2) is 4.31. The van der Waals surface area contributed by atoms with Crippen molar-refractivity contribution in [1.82, 2.24) is 0 Å². The zero-order chi connectivity index (χ0) is 13.8. The number of rotatable bonds is 2. The number of ether oxygens (including phenoxy) is 1. The summed E-state index contributed by atoms with van der Waals surface area (Å²) in [5.74, 6) is 2.27. The van der Waals surface area contributed by atoms with Gasteiger partial charge in [0.1, 0.15) is 5.78 Å². The van der Waals surface area contributed by atoms with Crippen molar-refractivity contribution in [2.24, 2.45) is 28.6 Å². The molecule has 0 aliphatic heterocycles. The summed E-state index contributed by atoms with van der Waals surface area (Å²) in [6, 6.07) is 0. The molecule has 0 aromatic heterocycles. The lowest BCUT2D eigenvalue weighted by atomic mass is 9.61. The zero-order valence-corrected chi connectivity index (χ0v) is 12.9. The van der Waals surface area contributed by atoms with Gasteiger partial charge in [0.15, 0.2) is 0 Å². The largest absolute Gasteiger partial charge is 0.381 e. The summed E-state index contributed by atoms with van der Waals surface area (Å²) in [6.07, 6.45) is 6.96. The summed E-state index contributed by atoms with van der Waals surface area (Å²) in [7, 11) is 1.74. The minimum absolute atomic E-state index is 0.183. The van der Waals surface area contributed by atoms with E-state index in [1.165, 1.54) is 19.3 Å². The molecule has 0 N–H and O–H groups in total. The van der Waals surface area contributed by atoms with E-state index in [4.69, 9.17) is 4.74 Å². The summed E-state index contributed by atoms with van der Waals surface area (Å²) in [4.78, 5) is 12.5. The molecule has 19 heavy (non-hydrogen) atoms. The molecule has 0 amide bonds. The van der Waals surface area contributed by atoms with Gasteiger partial charge in [0, 0.05) is 19.4 Å². The second-order valence-corrected chi connectivity index (χ2v) is 7.93. The summed E-state index contributed by atoms with van der Waals surface area (Å²) in [6.45, 7) is 7.34. The van der Waals surface area contributed by atoms with E-state index in [9.17, 15) is 4.79 Å². The predicted octanol–water partition coefficient (Wildman–Crippen LogP) is 3.83. The lowest BCUT2D eigenvalue weighted by Gasteiger charge is -2.44. The smallest absolute Gasteiger partial charge is 0.138 e. The Kier molecular flexibility index (Phi) is 3.09. The minimum atomic E-state index is 0.183. The number of carbonyl (C=O) groups is 1. The van der Waals surface area contributed by atoms with Crippen LogP contribution in [0.1, 0.15) is 59.3 Å². The lowest BCUT2D eigenvalue weighted by Crippen LogP contribution is -2.41. The van der Waals surface area contributed by atoms with Crippen molar-refractivity contribution in [2.75, 3.05) is 7.11 Å². The molecular formula is C17H28O2. The number of hydrogen-bond donors (Lipinski definition) is 0. The van der Waals surface area contributed by atoms with Crippen LogP contribution in [0.15, 0.2) is 0 Å². The molecule has 3 rings (SSSR count). The van der Waals surface area contributed by atoms with Crippen LogP contribution in [-0.2, 0) is 9.53 Å². The molecule has 0 radical (unpaired) electrons. The fourth-order valence-corrected chi connectivity index (χ4v) is 5.51. The van der Waals surface area contributed by atoms with E-state index in [1.807, 2.05) is 0 Å². The van der Waals surface area contributed by atoms with Crippen LogP contribution < -0.4 is 0 Å². The van der Waals surface area contributed by atoms with Gasteiger partial charge in [-0.05, 0) is 54.8 Å². The first kappa shape index (κ1) is 13.6. The number of Topliss-reactive ketones (excluding diaryl/α,β-unsaturated/α-hetero) is 1. The van der Waals surface area contributed by atoms with Crippen molar-refractivity contribution >= 4 is 5.78 Å². The molecule has 3 aliphatic rings. The molecule has 108 valence electrons. The molecule has 2 bridgehead atoms. The molecular weight excluding hydrogens is 236 g/mol. The van der Waals surface area contributed by atoms with E-state index in [0.717, 1.165) is 18.8 Å². The van der Waals surface area contributed by atoms with Gasteiger partial charge in [-0.25, -0.2) is 0 Å². The highest BCUT2D eigenvalue weighted by molar-refractivity contribution is 5.82. The van der Waals surface area contributed by atoms with Crippen LogP contribution in [0.25, 0.3) is 0 Å². The molecule has 0 spiro atoms. The maximum absolute atomic E-state index is 12.5. The Morgan fingerprint density at radius 3 is 2.37 bits per heavy atom. The summed E-state index contributed by atoms with van der Waals surface area (Å²) in [5.41, 5.74) is 0.813. The Morgan fingerprint density at radius 1 is 1.16 bits per heavy atom. The van der Waals surface area contributed by atoms with Gasteiger partial charge in [-0.15, -0.1) is 0 Å². The van der Waals surface area contributed by atoms with Gasteiger partial charge in [0.2, 0.25) is 0 Å². The highest BCUT2D eigenvalue weighted by atomic mass is 16.5. The zero-order valence-electron chi connectivity index (χ0n) is 12.9. The maximum atomic E-state index is 12.5. The Labute approximate surface area is 117 Å². The average molecular weight is 264 g/mol. The Morgan fingerprint density at radius 2 is 1.89 bits per heavy atom. The summed E-state index contributed by atoms with van der Waals surface area (Å²) < 4.78 is 5.38.